The van der Waals surface area contributed by atoms with Crippen LogP contribution in [0.2, 0.25) is 0 Å². The Balaban J connectivity index is 2.70. The molecular weight excluding hydrogens is 198 g/mol. The summed E-state index contributed by atoms with van der Waals surface area (Å²) in [5.74, 6) is 3.56. The quantitative estimate of drug-likeness (QED) is 0.254. The molecule has 86 valence electrons. The van der Waals surface area contributed by atoms with Crippen LogP contribution >= 0.6 is 0 Å². The average molecular weight is 215 g/mol. The second kappa shape index (κ2) is 5.09. The van der Waals surface area contributed by atoms with Crippen molar-refractivity contribution in [2.45, 2.75) is 32.4 Å². The minimum atomic E-state index is -0.775. The van der Waals surface area contributed by atoms with E-state index in [1.165, 1.54) is 4.90 Å². The first-order chi connectivity index (χ1) is 7.10. The van der Waals surface area contributed by atoms with Crippen molar-refractivity contribution < 1.29 is 14.3 Å². The fraction of sp³-hybridized carbons (Fsp3) is 0.778. The van der Waals surface area contributed by atoms with Gasteiger partial charge >= 0.3 is 11.8 Å². The van der Waals surface area contributed by atoms with Gasteiger partial charge < -0.3 is 9.64 Å². The molecule has 1 rings (SSSR count). The van der Waals surface area contributed by atoms with Crippen LogP contribution in [0.15, 0.2) is 0 Å². The second-order valence-corrected chi connectivity index (χ2v) is 3.64. The van der Waals surface area contributed by atoms with E-state index in [4.69, 9.17) is 10.6 Å². The third-order valence-corrected chi connectivity index (χ3v) is 2.53. The van der Waals surface area contributed by atoms with Crippen LogP contribution in [0.5, 0.6) is 0 Å². The lowest BCUT2D eigenvalue weighted by Crippen LogP contribution is -2.56. The average Bonchev–Trinajstić information content (AvgIpc) is 2.27. The first-order valence-electron chi connectivity index (χ1n) is 5.03. The molecule has 0 aromatic carbocycles. The first kappa shape index (κ1) is 11.9. The van der Waals surface area contributed by atoms with Gasteiger partial charge in [0.2, 0.25) is 0 Å². The lowest BCUT2D eigenvalue weighted by Gasteiger charge is -2.37. The van der Waals surface area contributed by atoms with Gasteiger partial charge in [0.05, 0.1) is 18.8 Å². The van der Waals surface area contributed by atoms with Crippen LogP contribution < -0.4 is 11.3 Å². The summed E-state index contributed by atoms with van der Waals surface area (Å²) in [6.45, 7) is 4.73. The van der Waals surface area contributed by atoms with E-state index >= 15 is 0 Å². The van der Waals surface area contributed by atoms with Gasteiger partial charge in [-0.3, -0.25) is 15.0 Å². The third-order valence-electron chi connectivity index (χ3n) is 2.53. The molecule has 2 unspecified atom stereocenters. The fourth-order valence-electron chi connectivity index (χ4n) is 1.62. The van der Waals surface area contributed by atoms with Gasteiger partial charge in [0.15, 0.2) is 0 Å². The Bertz CT molecular complexity index is 257. The summed E-state index contributed by atoms with van der Waals surface area (Å²) >= 11 is 0. The number of morpholine rings is 1. The van der Waals surface area contributed by atoms with E-state index in [0.717, 1.165) is 6.42 Å². The molecule has 2 amide bonds. The Labute approximate surface area is 88.7 Å². The number of carbonyl (C=O) groups is 2. The summed E-state index contributed by atoms with van der Waals surface area (Å²) in [5, 5.41) is 0. The highest BCUT2D eigenvalue weighted by Crippen LogP contribution is 2.14. The van der Waals surface area contributed by atoms with E-state index < -0.39 is 11.8 Å². The van der Waals surface area contributed by atoms with Crippen molar-refractivity contribution >= 4 is 11.8 Å². The Kier molecular flexibility index (Phi) is 4.05. The van der Waals surface area contributed by atoms with Gasteiger partial charge in [-0.25, -0.2) is 5.84 Å². The van der Waals surface area contributed by atoms with E-state index in [2.05, 4.69) is 0 Å². The monoisotopic (exact) mass is 215 g/mol. The highest BCUT2D eigenvalue weighted by atomic mass is 16.5. The number of nitrogens with two attached hydrogens (primary N) is 1. The minimum Gasteiger partial charge on any atom is -0.375 e. The molecule has 6 nitrogen and oxygen atoms in total. The molecule has 2 atom stereocenters. The van der Waals surface area contributed by atoms with Crippen molar-refractivity contribution in [3.05, 3.63) is 0 Å². The number of nitrogens with zero attached hydrogens (tertiary/aromatic N) is 1. The zero-order chi connectivity index (χ0) is 11.4. The van der Waals surface area contributed by atoms with Gasteiger partial charge in [0.25, 0.3) is 0 Å². The van der Waals surface area contributed by atoms with Crippen molar-refractivity contribution in [3.8, 4) is 0 Å². The molecule has 0 spiro atoms. The van der Waals surface area contributed by atoms with Gasteiger partial charge in [0, 0.05) is 6.54 Å². The molecule has 0 aromatic rings. The summed E-state index contributed by atoms with van der Waals surface area (Å²) in [5.41, 5.74) is 1.85. The van der Waals surface area contributed by atoms with Crippen LogP contribution in [0.1, 0.15) is 20.3 Å². The summed E-state index contributed by atoms with van der Waals surface area (Å²) < 4.78 is 5.42. The smallest absolute Gasteiger partial charge is 0.323 e. The lowest BCUT2D eigenvalue weighted by atomic mass is 10.1. The van der Waals surface area contributed by atoms with Crippen molar-refractivity contribution in [3.63, 3.8) is 0 Å². The number of hydrogen-bond acceptors (Lipinski definition) is 4. The molecule has 1 aliphatic rings. The lowest BCUT2D eigenvalue weighted by molar-refractivity contribution is -0.154. The molecule has 1 saturated heterocycles. The number of hydrogen-bond donors (Lipinski definition) is 2. The number of nitrogens with one attached hydrogen (secondary N) is 1. The van der Waals surface area contributed by atoms with E-state index in [1.54, 1.807) is 0 Å². The van der Waals surface area contributed by atoms with Gasteiger partial charge in [-0.2, -0.15) is 0 Å². The Hall–Kier alpha value is -1.14. The van der Waals surface area contributed by atoms with Crippen LogP contribution in [0.3, 0.4) is 0 Å². The molecular formula is C9H17N3O3. The molecule has 0 radical (unpaired) electrons. The van der Waals surface area contributed by atoms with Crippen molar-refractivity contribution in [1.82, 2.24) is 10.3 Å². The van der Waals surface area contributed by atoms with Crippen LogP contribution in [-0.4, -0.2) is 42.0 Å². The van der Waals surface area contributed by atoms with Crippen molar-refractivity contribution in [2.75, 3.05) is 13.2 Å². The van der Waals surface area contributed by atoms with E-state index in [-0.39, 0.29) is 12.1 Å². The van der Waals surface area contributed by atoms with E-state index in [1.807, 2.05) is 19.3 Å². The van der Waals surface area contributed by atoms with Crippen LogP contribution in [0.4, 0.5) is 0 Å². The summed E-state index contributed by atoms with van der Waals surface area (Å²) in [4.78, 5) is 24.3. The largest absolute Gasteiger partial charge is 0.375 e. The molecule has 0 aliphatic carbocycles. The highest BCUT2D eigenvalue weighted by Gasteiger charge is 2.32. The molecule has 1 heterocycles. The zero-order valence-corrected chi connectivity index (χ0v) is 9.03. The summed E-state index contributed by atoms with van der Waals surface area (Å²) in [7, 11) is 0. The molecule has 1 fully saturated rings. The molecule has 0 saturated carbocycles. The maximum absolute atomic E-state index is 11.6. The Morgan fingerprint density at radius 2 is 2.27 bits per heavy atom. The van der Waals surface area contributed by atoms with Crippen LogP contribution in [-0.2, 0) is 14.3 Å². The number of carbonyl (C=O) groups excluding carboxylic acids is 2. The Morgan fingerprint density at radius 1 is 1.60 bits per heavy atom. The maximum Gasteiger partial charge on any atom is 0.323 e. The minimum absolute atomic E-state index is 0.0361. The number of ether oxygens (including phenoxy) is 1. The number of hydrazine groups is 1. The fourth-order valence-corrected chi connectivity index (χ4v) is 1.62. The van der Waals surface area contributed by atoms with Crippen molar-refractivity contribution in [1.29, 1.82) is 0 Å². The molecule has 1 aliphatic heterocycles. The van der Waals surface area contributed by atoms with E-state index in [0.29, 0.717) is 13.2 Å². The maximum atomic E-state index is 11.6. The number of amides is 2. The van der Waals surface area contributed by atoms with Gasteiger partial charge in [-0.05, 0) is 13.3 Å². The third kappa shape index (κ3) is 2.66. The first-order valence-corrected chi connectivity index (χ1v) is 5.03. The Morgan fingerprint density at radius 3 is 2.80 bits per heavy atom. The highest BCUT2D eigenvalue weighted by molar-refractivity contribution is 6.34. The topological polar surface area (TPSA) is 84.7 Å². The summed E-state index contributed by atoms with van der Waals surface area (Å²) in [6, 6.07) is -0.0361. The van der Waals surface area contributed by atoms with Crippen LogP contribution in [0.25, 0.3) is 0 Å². The summed E-state index contributed by atoms with van der Waals surface area (Å²) in [6.07, 6.45) is 0.721. The zero-order valence-electron chi connectivity index (χ0n) is 9.03. The predicted molar refractivity (Wildman–Crippen MR) is 53.5 cm³/mol. The van der Waals surface area contributed by atoms with Gasteiger partial charge in [-0.1, -0.05) is 6.92 Å². The molecule has 15 heavy (non-hydrogen) atoms. The molecule has 3 N–H and O–H groups in total. The van der Waals surface area contributed by atoms with Crippen molar-refractivity contribution in [2.24, 2.45) is 5.84 Å². The molecule has 6 heteroatoms. The van der Waals surface area contributed by atoms with E-state index in [9.17, 15) is 9.59 Å². The molecule has 0 bridgehead atoms. The van der Waals surface area contributed by atoms with Crippen LogP contribution in [0, 0.1) is 0 Å². The number of rotatable bonds is 1. The van der Waals surface area contributed by atoms with Gasteiger partial charge in [-0.15, -0.1) is 0 Å². The molecule has 0 aromatic heterocycles. The SMILES string of the molecule is CCC1COC(C)CN1C(=O)C(=O)NN. The normalized spacial score (nSPS) is 26.2. The second-order valence-electron chi connectivity index (χ2n) is 3.64. The standard InChI is InChI=1S/C9H17N3O3/c1-3-7-5-15-6(2)4-12(7)9(14)8(13)11-10/h6-7H,3-5,10H2,1-2H3,(H,11,13). The van der Waals surface area contributed by atoms with Gasteiger partial charge in [0.1, 0.15) is 0 Å². The predicted octanol–water partition coefficient (Wildman–Crippen LogP) is -0.998.